The maximum Gasteiger partial charge on any atom is 0.306 e. The summed E-state index contributed by atoms with van der Waals surface area (Å²) in [6.45, 7) is 3.81. The highest BCUT2D eigenvalue weighted by Crippen LogP contribution is 2.36. The second-order valence-corrected chi connectivity index (χ2v) is 13.2. The highest BCUT2D eigenvalue weighted by atomic mass is 16.7. The zero-order valence-electron chi connectivity index (χ0n) is 31.7. The number of phenolic OH excluding ortho intramolecular Hbond substituents is 3. The standard InChI is InChI=1S/C44H56O11/c1-3-4-5-6-13-16-19-31(2)20-17-14-11-9-7-8-10-12-15-18-21-39(49)53-30-38-41(50)42(51)43(52)44(55-38)54-37-29-34(46)28-36(48)40(37)35(47)27-24-32-22-25-33(45)26-23-32/h4-5,7-8,11-16,20,22-23,25-26,28-29,38,41-46,48,50-52H,3,6,9-10,17-19,21,24,27,30H2,1-2H3/b5-4-,8-7-,14-11-,15-12-,16-13-,31-20-/t38-,41-,42+,43-,44-/m1/s1. The minimum Gasteiger partial charge on any atom is -0.508 e. The van der Waals surface area contributed by atoms with Crippen molar-refractivity contribution in [1.82, 2.24) is 0 Å². The van der Waals surface area contributed by atoms with Gasteiger partial charge in [-0.1, -0.05) is 91.5 Å². The predicted octanol–water partition coefficient (Wildman–Crippen LogP) is 7.22. The van der Waals surface area contributed by atoms with E-state index in [0.29, 0.717) is 12.8 Å². The molecule has 1 heterocycles. The number of carbonyl (C=O) groups excluding carboxylic acids is 2. The fourth-order valence-electron chi connectivity index (χ4n) is 5.55. The van der Waals surface area contributed by atoms with Crippen molar-refractivity contribution >= 4 is 11.8 Å². The summed E-state index contributed by atoms with van der Waals surface area (Å²) in [5, 5.41) is 61.8. The lowest BCUT2D eigenvalue weighted by Crippen LogP contribution is -2.60. The molecule has 3 rings (SSSR count). The molecule has 2 aromatic rings. The van der Waals surface area contributed by atoms with Crippen LogP contribution in [0.3, 0.4) is 0 Å². The molecule has 0 radical (unpaired) electrons. The Morgan fingerprint density at radius 1 is 0.745 bits per heavy atom. The molecule has 6 N–H and O–H groups in total. The fourth-order valence-corrected chi connectivity index (χ4v) is 5.55. The predicted molar refractivity (Wildman–Crippen MR) is 211 cm³/mol. The molecule has 0 spiro atoms. The first-order chi connectivity index (χ1) is 26.5. The van der Waals surface area contributed by atoms with Gasteiger partial charge < -0.3 is 44.8 Å². The van der Waals surface area contributed by atoms with Crippen LogP contribution in [-0.4, -0.2) is 79.7 Å². The Morgan fingerprint density at radius 2 is 1.38 bits per heavy atom. The zero-order valence-corrected chi connectivity index (χ0v) is 31.7. The van der Waals surface area contributed by atoms with Crippen molar-refractivity contribution in [2.75, 3.05) is 6.61 Å². The monoisotopic (exact) mass is 760 g/mol. The second kappa shape index (κ2) is 24.5. The smallest absolute Gasteiger partial charge is 0.306 e. The van der Waals surface area contributed by atoms with Gasteiger partial charge in [-0.25, -0.2) is 0 Å². The van der Waals surface area contributed by atoms with E-state index in [4.69, 9.17) is 14.2 Å². The number of ketones is 1. The number of aliphatic hydroxyl groups is 3. The Morgan fingerprint density at radius 3 is 2.07 bits per heavy atom. The molecule has 1 saturated heterocycles. The lowest BCUT2D eigenvalue weighted by atomic mass is 9.98. The van der Waals surface area contributed by atoms with Crippen molar-refractivity contribution in [1.29, 1.82) is 0 Å². The van der Waals surface area contributed by atoms with E-state index in [-0.39, 0.29) is 36.3 Å². The van der Waals surface area contributed by atoms with E-state index < -0.39 is 60.6 Å². The van der Waals surface area contributed by atoms with Crippen LogP contribution in [0.2, 0.25) is 0 Å². The maximum absolute atomic E-state index is 13.2. The molecule has 298 valence electrons. The Hall–Kier alpha value is -4.94. The second-order valence-electron chi connectivity index (χ2n) is 13.2. The van der Waals surface area contributed by atoms with Gasteiger partial charge in [0.25, 0.3) is 0 Å². The van der Waals surface area contributed by atoms with Crippen LogP contribution < -0.4 is 4.74 Å². The minimum absolute atomic E-state index is 0.0632. The molecular weight excluding hydrogens is 704 g/mol. The van der Waals surface area contributed by atoms with E-state index in [2.05, 4.69) is 62.5 Å². The number of hydrogen-bond acceptors (Lipinski definition) is 11. The number of benzene rings is 2. The number of aryl methyl sites for hydroxylation is 1. The number of rotatable bonds is 22. The lowest BCUT2D eigenvalue weighted by Gasteiger charge is -2.40. The zero-order chi connectivity index (χ0) is 40.0. The summed E-state index contributed by atoms with van der Waals surface area (Å²) in [4.78, 5) is 25.6. The van der Waals surface area contributed by atoms with Crippen LogP contribution in [0.5, 0.6) is 23.0 Å². The van der Waals surface area contributed by atoms with Gasteiger partial charge in [0.2, 0.25) is 6.29 Å². The van der Waals surface area contributed by atoms with E-state index in [1.807, 2.05) is 18.2 Å². The van der Waals surface area contributed by atoms with E-state index >= 15 is 0 Å². The highest BCUT2D eigenvalue weighted by molar-refractivity contribution is 6.01. The number of aromatic hydroxyl groups is 3. The van der Waals surface area contributed by atoms with Crippen LogP contribution in [0.1, 0.15) is 87.6 Å². The number of carbonyl (C=O) groups is 2. The topological polar surface area (TPSA) is 183 Å². The summed E-state index contributed by atoms with van der Waals surface area (Å²) in [6.07, 6.45) is 21.2. The van der Waals surface area contributed by atoms with Gasteiger partial charge in [-0.3, -0.25) is 9.59 Å². The Kier molecular flexibility index (Phi) is 19.8. The fraction of sp³-hybridized carbons (Fsp3) is 0.409. The Bertz CT molecular complexity index is 1670. The molecule has 1 aliphatic heterocycles. The number of Topliss-reactive ketones (excluding diaryl/α,β-unsaturated/α-hetero) is 1. The third-order valence-electron chi connectivity index (χ3n) is 8.69. The summed E-state index contributed by atoms with van der Waals surface area (Å²) < 4.78 is 16.6. The third-order valence-corrected chi connectivity index (χ3v) is 8.69. The van der Waals surface area contributed by atoms with E-state index in [1.165, 1.54) is 17.7 Å². The molecule has 0 aliphatic carbocycles. The molecule has 11 nitrogen and oxygen atoms in total. The number of allylic oxidation sites excluding steroid dienone is 12. The van der Waals surface area contributed by atoms with E-state index in [1.54, 1.807) is 12.1 Å². The molecule has 5 atom stereocenters. The lowest BCUT2D eigenvalue weighted by molar-refractivity contribution is -0.278. The first-order valence-corrected chi connectivity index (χ1v) is 18.8. The first-order valence-electron chi connectivity index (χ1n) is 18.8. The van der Waals surface area contributed by atoms with Crippen LogP contribution in [0.15, 0.2) is 109 Å². The molecule has 0 aromatic heterocycles. The van der Waals surface area contributed by atoms with Gasteiger partial charge >= 0.3 is 5.97 Å². The van der Waals surface area contributed by atoms with E-state index in [0.717, 1.165) is 49.8 Å². The summed E-state index contributed by atoms with van der Waals surface area (Å²) in [5.74, 6) is -2.40. The molecule has 11 heteroatoms. The number of esters is 1. The molecule has 2 aromatic carbocycles. The maximum atomic E-state index is 13.2. The van der Waals surface area contributed by atoms with Gasteiger partial charge in [0.05, 0.1) is 0 Å². The van der Waals surface area contributed by atoms with Crippen molar-refractivity contribution < 1.29 is 54.4 Å². The largest absolute Gasteiger partial charge is 0.508 e. The van der Waals surface area contributed by atoms with Crippen LogP contribution in [-0.2, 0) is 20.7 Å². The van der Waals surface area contributed by atoms with Gasteiger partial charge in [-0.2, -0.15) is 0 Å². The van der Waals surface area contributed by atoms with Gasteiger partial charge in [-0.15, -0.1) is 0 Å². The van der Waals surface area contributed by atoms with Crippen molar-refractivity contribution in [3.05, 3.63) is 120 Å². The van der Waals surface area contributed by atoms with Crippen LogP contribution >= 0.6 is 0 Å². The van der Waals surface area contributed by atoms with Crippen LogP contribution in [0.25, 0.3) is 0 Å². The SMILES string of the molecule is CC/C=C\C/C=C\C/C(C)=C\C/C=C\C/C=C\C/C=C\CCC(=O)OC[C@H]1O[C@@H](Oc2cc(O)cc(O)c2C(=O)CCc2ccc(O)cc2)[C@H](O)[C@@H](O)[C@@H]1O. The Labute approximate surface area is 323 Å². The molecule has 0 bridgehead atoms. The van der Waals surface area contributed by atoms with Crippen LogP contribution in [0.4, 0.5) is 0 Å². The molecule has 0 amide bonds. The van der Waals surface area contributed by atoms with Crippen LogP contribution in [0, 0.1) is 0 Å². The summed E-state index contributed by atoms with van der Waals surface area (Å²) in [5.41, 5.74) is 1.81. The van der Waals surface area contributed by atoms with Gasteiger partial charge in [-0.05, 0) is 76.0 Å². The van der Waals surface area contributed by atoms with Gasteiger partial charge in [0.1, 0.15) is 59.6 Å². The molecule has 55 heavy (non-hydrogen) atoms. The van der Waals surface area contributed by atoms with Gasteiger partial charge in [0, 0.05) is 25.0 Å². The number of hydrogen-bond donors (Lipinski definition) is 6. The van der Waals surface area contributed by atoms with Crippen molar-refractivity contribution in [2.24, 2.45) is 0 Å². The Balaban J connectivity index is 1.41. The first kappa shape index (κ1) is 44.5. The summed E-state index contributed by atoms with van der Waals surface area (Å²) in [7, 11) is 0. The third kappa shape index (κ3) is 16.1. The molecule has 0 unspecified atom stereocenters. The number of aliphatic hydroxyl groups excluding tert-OH is 3. The average molecular weight is 761 g/mol. The minimum atomic E-state index is -1.80. The van der Waals surface area contributed by atoms with Gasteiger partial charge in [0.15, 0.2) is 5.78 Å². The summed E-state index contributed by atoms with van der Waals surface area (Å²) >= 11 is 0. The molecular formula is C44H56O11. The van der Waals surface area contributed by atoms with Crippen molar-refractivity contribution in [3.63, 3.8) is 0 Å². The molecule has 0 saturated carbocycles. The van der Waals surface area contributed by atoms with E-state index in [9.17, 15) is 40.2 Å². The number of phenols is 3. The molecule has 1 fully saturated rings. The highest BCUT2D eigenvalue weighted by Gasteiger charge is 2.46. The van der Waals surface area contributed by atoms with Crippen molar-refractivity contribution in [2.45, 2.75) is 109 Å². The number of ether oxygens (including phenoxy) is 3. The molecule has 1 aliphatic rings. The van der Waals surface area contributed by atoms with Crippen molar-refractivity contribution in [3.8, 4) is 23.0 Å². The average Bonchev–Trinajstić information content (AvgIpc) is 3.15. The normalized spacial score (nSPS) is 20.7. The summed E-state index contributed by atoms with van der Waals surface area (Å²) in [6, 6.07) is 8.26. The quantitative estimate of drug-likeness (QED) is 0.0405.